The van der Waals surface area contributed by atoms with E-state index < -0.39 is 10.0 Å². The molecule has 4 rings (SSSR count). The summed E-state index contributed by atoms with van der Waals surface area (Å²) in [6.45, 7) is 7.36. The molecule has 34 heavy (non-hydrogen) atoms. The normalized spacial score (nSPS) is 19.2. The minimum atomic E-state index is -3.59. The number of nitrogens with two attached hydrogens (primary N) is 1. The molecule has 2 aliphatic rings. The number of hydrogen-bond donors (Lipinski definition) is 1. The molecule has 1 aromatic carbocycles. The van der Waals surface area contributed by atoms with Crippen molar-refractivity contribution in [2.75, 3.05) is 37.7 Å². The van der Waals surface area contributed by atoms with Crippen molar-refractivity contribution in [3.8, 4) is 5.75 Å². The zero-order valence-corrected chi connectivity index (χ0v) is 20.4. The Labute approximate surface area is 200 Å². The van der Waals surface area contributed by atoms with Crippen molar-refractivity contribution >= 4 is 27.6 Å². The number of carbonyl (C=O) groups is 1. The summed E-state index contributed by atoms with van der Waals surface area (Å²) in [6, 6.07) is 8.94. The third kappa shape index (κ3) is 5.16. The maximum absolute atomic E-state index is 12.8. The van der Waals surface area contributed by atoms with Gasteiger partial charge in [0.05, 0.1) is 17.9 Å². The summed E-state index contributed by atoms with van der Waals surface area (Å²) in [5, 5.41) is 0. The number of amides is 1. The first-order chi connectivity index (χ1) is 16.3. The van der Waals surface area contributed by atoms with E-state index in [1.165, 1.54) is 0 Å². The van der Waals surface area contributed by atoms with Gasteiger partial charge in [0, 0.05) is 43.9 Å². The van der Waals surface area contributed by atoms with Gasteiger partial charge in [-0.1, -0.05) is 12.1 Å². The van der Waals surface area contributed by atoms with Gasteiger partial charge in [-0.25, -0.2) is 13.4 Å². The number of rotatable bonds is 7. The average Bonchev–Trinajstić information content (AvgIpc) is 2.82. The quantitative estimate of drug-likeness (QED) is 0.640. The second-order valence-electron chi connectivity index (χ2n) is 8.64. The fraction of sp³-hybridized carbons (Fsp3) is 0.458. The fourth-order valence-electron chi connectivity index (χ4n) is 4.57. The van der Waals surface area contributed by atoms with E-state index in [1.54, 1.807) is 35.4 Å². The predicted molar refractivity (Wildman–Crippen MR) is 132 cm³/mol. The maximum atomic E-state index is 12.8. The topological polar surface area (TPSA) is 118 Å². The van der Waals surface area contributed by atoms with Crippen LogP contribution in [0.5, 0.6) is 5.75 Å². The summed E-state index contributed by atoms with van der Waals surface area (Å²) in [5.41, 5.74) is 7.77. The minimum Gasteiger partial charge on any atom is -0.492 e. The van der Waals surface area contributed by atoms with Gasteiger partial charge in [0.2, 0.25) is 0 Å². The molecule has 0 saturated carbocycles. The van der Waals surface area contributed by atoms with E-state index in [0.29, 0.717) is 42.1 Å². The largest absolute Gasteiger partial charge is 0.492 e. The Bertz CT molecular complexity index is 1190. The molecule has 0 unspecified atom stereocenters. The number of pyridine rings is 1. The Kier molecular flexibility index (Phi) is 7.06. The van der Waals surface area contributed by atoms with Crippen LogP contribution in [0.1, 0.15) is 48.2 Å². The van der Waals surface area contributed by atoms with Gasteiger partial charge in [0.1, 0.15) is 17.4 Å². The SMILES string of the molecule is CCN(CC)C(=O)c1ccnc(N2CCC[C@H](COc3cccc4c3C(N)=NS(=O)(=O)C4)C2)c1. The van der Waals surface area contributed by atoms with Crippen LogP contribution in [-0.4, -0.2) is 62.8 Å². The Balaban J connectivity index is 1.45. The van der Waals surface area contributed by atoms with Gasteiger partial charge in [-0.3, -0.25) is 4.79 Å². The van der Waals surface area contributed by atoms with Crippen LogP contribution < -0.4 is 15.4 Å². The molecule has 2 aliphatic heterocycles. The number of benzene rings is 1. The van der Waals surface area contributed by atoms with Gasteiger partial charge in [-0.05, 0) is 50.5 Å². The summed E-state index contributed by atoms with van der Waals surface area (Å²) in [4.78, 5) is 21.3. The lowest BCUT2D eigenvalue weighted by molar-refractivity contribution is 0.0773. The van der Waals surface area contributed by atoms with Gasteiger partial charge in [0.25, 0.3) is 15.9 Å². The van der Waals surface area contributed by atoms with E-state index >= 15 is 0 Å². The lowest BCUT2D eigenvalue weighted by Crippen LogP contribution is -2.38. The van der Waals surface area contributed by atoms with E-state index in [-0.39, 0.29) is 23.4 Å². The first kappa shape index (κ1) is 24.0. The van der Waals surface area contributed by atoms with Crippen LogP contribution in [0.4, 0.5) is 5.82 Å². The number of carbonyl (C=O) groups excluding carboxylic acids is 1. The first-order valence-electron chi connectivity index (χ1n) is 11.6. The van der Waals surface area contributed by atoms with Crippen molar-refractivity contribution in [1.82, 2.24) is 9.88 Å². The van der Waals surface area contributed by atoms with Crippen molar-refractivity contribution in [2.24, 2.45) is 16.0 Å². The van der Waals surface area contributed by atoms with Gasteiger partial charge in [-0.15, -0.1) is 4.40 Å². The third-order valence-electron chi connectivity index (χ3n) is 6.30. The zero-order chi connectivity index (χ0) is 24.3. The second-order valence-corrected chi connectivity index (χ2v) is 10.3. The van der Waals surface area contributed by atoms with Crippen molar-refractivity contribution in [1.29, 1.82) is 0 Å². The highest BCUT2D eigenvalue weighted by Gasteiger charge is 2.27. The fourth-order valence-corrected chi connectivity index (χ4v) is 5.66. The molecule has 1 aromatic heterocycles. The molecule has 1 saturated heterocycles. The van der Waals surface area contributed by atoms with E-state index in [4.69, 9.17) is 10.5 Å². The molecule has 9 nitrogen and oxygen atoms in total. The third-order valence-corrected chi connectivity index (χ3v) is 7.46. The smallest absolute Gasteiger partial charge is 0.259 e. The van der Waals surface area contributed by atoms with Crippen LogP contribution in [0.15, 0.2) is 40.9 Å². The molecule has 182 valence electrons. The molecule has 0 bridgehead atoms. The molecular weight excluding hydrogens is 454 g/mol. The average molecular weight is 486 g/mol. The van der Waals surface area contributed by atoms with Crippen molar-refractivity contribution in [3.05, 3.63) is 53.2 Å². The number of aromatic nitrogens is 1. The standard InChI is InChI=1S/C24H31N5O4S/c1-3-28(4-2)24(30)18-10-11-26-21(13-18)29-12-6-7-17(14-29)15-33-20-9-5-8-19-16-34(31,32)27-23(25)22(19)20/h5,8-11,13,17H,3-4,6-7,12,14-16H2,1-2H3,(H2,25,27)/t17-/m0/s1. The van der Waals surface area contributed by atoms with Crippen molar-refractivity contribution < 1.29 is 17.9 Å². The van der Waals surface area contributed by atoms with E-state index in [2.05, 4.69) is 14.3 Å². The van der Waals surface area contributed by atoms with Gasteiger partial charge in [0.15, 0.2) is 0 Å². The Hall–Kier alpha value is -3.14. The first-order valence-corrected chi connectivity index (χ1v) is 13.3. The molecule has 1 amide bonds. The van der Waals surface area contributed by atoms with Gasteiger partial charge < -0.3 is 20.3 Å². The number of piperidine rings is 1. The molecular formula is C24H31N5O4S. The van der Waals surface area contributed by atoms with Crippen LogP contribution in [0.3, 0.4) is 0 Å². The highest BCUT2D eigenvalue weighted by molar-refractivity contribution is 7.89. The summed E-state index contributed by atoms with van der Waals surface area (Å²) >= 11 is 0. The Morgan fingerprint density at radius 1 is 1.26 bits per heavy atom. The van der Waals surface area contributed by atoms with E-state index in [0.717, 1.165) is 31.7 Å². The molecule has 10 heteroatoms. The van der Waals surface area contributed by atoms with Crippen molar-refractivity contribution in [2.45, 2.75) is 32.4 Å². The van der Waals surface area contributed by atoms with Crippen LogP contribution in [-0.2, 0) is 15.8 Å². The number of anilines is 1. The predicted octanol–water partition coefficient (Wildman–Crippen LogP) is 2.41. The highest BCUT2D eigenvalue weighted by atomic mass is 32.2. The molecule has 3 heterocycles. The molecule has 0 radical (unpaired) electrons. The molecule has 0 spiro atoms. The zero-order valence-electron chi connectivity index (χ0n) is 19.6. The summed E-state index contributed by atoms with van der Waals surface area (Å²) < 4.78 is 33.6. The monoisotopic (exact) mass is 485 g/mol. The van der Waals surface area contributed by atoms with Crippen LogP contribution in [0.2, 0.25) is 0 Å². The van der Waals surface area contributed by atoms with E-state index in [1.807, 2.05) is 19.9 Å². The molecule has 1 fully saturated rings. The summed E-state index contributed by atoms with van der Waals surface area (Å²) in [7, 11) is -3.59. The van der Waals surface area contributed by atoms with E-state index in [9.17, 15) is 13.2 Å². The number of amidine groups is 1. The summed E-state index contributed by atoms with van der Waals surface area (Å²) in [6.07, 6.45) is 3.68. The van der Waals surface area contributed by atoms with Crippen LogP contribution >= 0.6 is 0 Å². The number of hydrogen-bond acceptors (Lipinski definition) is 7. The summed E-state index contributed by atoms with van der Waals surface area (Å²) in [5.74, 6) is 1.41. The number of nitrogens with zero attached hydrogens (tertiary/aromatic N) is 4. The maximum Gasteiger partial charge on any atom is 0.259 e. The molecule has 2 N–H and O–H groups in total. The van der Waals surface area contributed by atoms with Gasteiger partial charge in [-0.2, -0.15) is 0 Å². The number of ether oxygens (including phenoxy) is 1. The molecule has 1 atom stereocenters. The number of fused-ring (bicyclic) bond motifs is 1. The lowest BCUT2D eigenvalue weighted by atomic mass is 9.98. The van der Waals surface area contributed by atoms with Crippen LogP contribution in [0, 0.1) is 5.92 Å². The molecule has 0 aliphatic carbocycles. The molecule has 2 aromatic rings. The second kappa shape index (κ2) is 10.0. The Morgan fingerprint density at radius 2 is 2.06 bits per heavy atom. The number of sulfonamides is 1. The Morgan fingerprint density at radius 3 is 2.82 bits per heavy atom. The van der Waals surface area contributed by atoms with Gasteiger partial charge >= 0.3 is 0 Å². The lowest BCUT2D eigenvalue weighted by Gasteiger charge is -2.34. The van der Waals surface area contributed by atoms with Crippen LogP contribution in [0.25, 0.3) is 0 Å². The minimum absolute atomic E-state index is 0.0145. The van der Waals surface area contributed by atoms with Crippen molar-refractivity contribution in [3.63, 3.8) is 0 Å². The highest BCUT2D eigenvalue weighted by Crippen LogP contribution is 2.29.